The van der Waals surface area contributed by atoms with Crippen molar-refractivity contribution in [3.05, 3.63) is 12.3 Å². The van der Waals surface area contributed by atoms with Gasteiger partial charge in [-0.15, -0.1) is 0 Å². The third kappa shape index (κ3) is 4.70. The van der Waals surface area contributed by atoms with Gasteiger partial charge in [0, 0.05) is 25.1 Å². The molecule has 1 aliphatic rings. The number of rotatable bonds is 6. The molecule has 1 aromatic rings. The second kappa shape index (κ2) is 7.47. The van der Waals surface area contributed by atoms with Crippen LogP contribution in [0.3, 0.4) is 0 Å². The zero-order valence-electron chi connectivity index (χ0n) is 12.3. The number of nitrogens with zero attached hydrogens (tertiary/aromatic N) is 2. The van der Waals surface area contributed by atoms with Crippen molar-refractivity contribution in [3.63, 3.8) is 0 Å². The molecule has 0 unspecified atom stereocenters. The molecule has 1 aromatic heterocycles. The van der Waals surface area contributed by atoms with Gasteiger partial charge in [0.05, 0.1) is 11.9 Å². The van der Waals surface area contributed by atoms with Crippen LogP contribution in [0.15, 0.2) is 12.3 Å². The minimum atomic E-state index is -3.19. The van der Waals surface area contributed by atoms with Crippen LogP contribution in [0.1, 0.15) is 19.8 Å². The fourth-order valence-electron chi connectivity index (χ4n) is 2.49. The summed E-state index contributed by atoms with van der Waals surface area (Å²) in [7, 11) is 0. The van der Waals surface area contributed by atoms with Crippen molar-refractivity contribution in [3.8, 4) is 11.6 Å². The minimum absolute atomic E-state index is 0.0163. The van der Waals surface area contributed by atoms with Gasteiger partial charge < -0.3 is 14.4 Å². The molecule has 0 aliphatic carbocycles. The number of halogens is 4. The Morgan fingerprint density at radius 3 is 2.35 bits per heavy atom. The first-order chi connectivity index (χ1) is 10.9. The molecule has 0 amide bonds. The largest absolute Gasteiger partial charge is 0.429 e. The van der Waals surface area contributed by atoms with E-state index in [-0.39, 0.29) is 11.7 Å². The lowest BCUT2D eigenvalue weighted by Crippen LogP contribution is -2.35. The van der Waals surface area contributed by atoms with Crippen LogP contribution in [0.4, 0.5) is 23.2 Å². The van der Waals surface area contributed by atoms with Crippen molar-refractivity contribution in [1.82, 2.24) is 4.98 Å². The van der Waals surface area contributed by atoms with Crippen molar-refractivity contribution in [1.29, 1.82) is 0 Å². The number of Topliss-reactive ketones (excluding diaryl/α,β-unsaturated/α-hetero) is 1. The summed E-state index contributed by atoms with van der Waals surface area (Å²) in [6.45, 7) is -3.77. The van der Waals surface area contributed by atoms with Crippen LogP contribution in [-0.4, -0.2) is 37.1 Å². The van der Waals surface area contributed by atoms with E-state index >= 15 is 0 Å². The van der Waals surface area contributed by atoms with Crippen LogP contribution in [0, 0.1) is 5.92 Å². The Balaban J connectivity index is 2.15. The Bertz CT molecular complexity index is 549. The van der Waals surface area contributed by atoms with Crippen molar-refractivity contribution in [2.75, 3.05) is 18.0 Å². The molecule has 2 rings (SSSR count). The van der Waals surface area contributed by atoms with Gasteiger partial charge in [0.1, 0.15) is 5.78 Å². The van der Waals surface area contributed by atoms with E-state index < -0.39 is 24.9 Å². The average molecular weight is 336 g/mol. The van der Waals surface area contributed by atoms with Crippen LogP contribution >= 0.6 is 0 Å². The number of hydrogen-bond acceptors (Lipinski definition) is 5. The third-order valence-electron chi connectivity index (χ3n) is 3.66. The summed E-state index contributed by atoms with van der Waals surface area (Å²) in [6.07, 6.45) is 2.52. The summed E-state index contributed by atoms with van der Waals surface area (Å²) in [5, 5.41) is 0. The molecule has 1 saturated heterocycles. The van der Waals surface area contributed by atoms with E-state index in [1.165, 1.54) is 19.2 Å². The van der Waals surface area contributed by atoms with E-state index in [1.54, 1.807) is 0 Å². The van der Waals surface area contributed by atoms with Crippen molar-refractivity contribution in [2.45, 2.75) is 33.0 Å². The van der Waals surface area contributed by atoms with Crippen LogP contribution < -0.4 is 14.4 Å². The fraction of sp³-hybridized carbons (Fsp3) is 0.571. The second-order valence-corrected chi connectivity index (χ2v) is 5.13. The number of ketones is 1. The molecule has 128 valence electrons. The summed E-state index contributed by atoms with van der Waals surface area (Å²) >= 11 is 0. The molecule has 0 N–H and O–H groups in total. The number of pyridine rings is 1. The highest BCUT2D eigenvalue weighted by atomic mass is 19.3. The highest BCUT2D eigenvalue weighted by Crippen LogP contribution is 2.33. The monoisotopic (exact) mass is 336 g/mol. The molecule has 9 heteroatoms. The van der Waals surface area contributed by atoms with E-state index in [1.807, 2.05) is 4.90 Å². The molecular weight excluding hydrogens is 320 g/mol. The lowest BCUT2D eigenvalue weighted by atomic mass is 9.93. The van der Waals surface area contributed by atoms with Gasteiger partial charge in [0.15, 0.2) is 5.75 Å². The molecule has 2 heterocycles. The van der Waals surface area contributed by atoms with Crippen molar-refractivity contribution in [2.24, 2.45) is 5.92 Å². The fourth-order valence-corrected chi connectivity index (χ4v) is 2.49. The van der Waals surface area contributed by atoms with Gasteiger partial charge in [-0.2, -0.15) is 17.6 Å². The number of hydrogen-bond donors (Lipinski definition) is 0. The predicted octanol–water partition coefficient (Wildman–Crippen LogP) is 3.09. The molecule has 0 radical (unpaired) electrons. The summed E-state index contributed by atoms with van der Waals surface area (Å²) in [5.74, 6) is -1.14. The molecule has 0 saturated carbocycles. The summed E-state index contributed by atoms with van der Waals surface area (Å²) in [4.78, 5) is 16.8. The minimum Gasteiger partial charge on any atom is -0.429 e. The molecular formula is C14H16F4N2O3. The first-order valence-corrected chi connectivity index (χ1v) is 7.02. The number of carbonyl (C=O) groups excluding carboxylic acids is 1. The zero-order chi connectivity index (χ0) is 17.0. The number of aromatic nitrogens is 1. The van der Waals surface area contributed by atoms with E-state index in [9.17, 15) is 22.4 Å². The van der Waals surface area contributed by atoms with Gasteiger partial charge in [0.25, 0.3) is 5.88 Å². The average Bonchev–Trinajstić information content (AvgIpc) is 2.48. The van der Waals surface area contributed by atoms with Gasteiger partial charge in [-0.05, 0) is 19.8 Å². The standard InChI is InChI=1S/C14H16F4N2O3/c1-8(21)9-2-4-20(5-3-9)10-6-11(22-13(15)16)12(19-7-10)23-14(17)18/h6-7,9,13-14H,2-5H2,1H3. The second-order valence-electron chi connectivity index (χ2n) is 5.13. The zero-order valence-corrected chi connectivity index (χ0v) is 12.3. The molecule has 23 heavy (non-hydrogen) atoms. The number of anilines is 1. The number of piperidine rings is 1. The number of ether oxygens (including phenoxy) is 2. The van der Waals surface area contributed by atoms with Crippen molar-refractivity contribution < 1.29 is 31.8 Å². The van der Waals surface area contributed by atoms with Gasteiger partial charge in [-0.3, -0.25) is 4.79 Å². The van der Waals surface area contributed by atoms with Crippen LogP contribution in [0.5, 0.6) is 11.6 Å². The Morgan fingerprint density at radius 1 is 1.22 bits per heavy atom. The topological polar surface area (TPSA) is 51.7 Å². The van der Waals surface area contributed by atoms with E-state index in [0.29, 0.717) is 31.6 Å². The SMILES string of the molecule is CC(=O)C1CCN(c2cnc(OC(F)F)c(OC(F)F)c2)CC1. The number of carbonyl (C=O) groups is 1. The first-order valence-electron chi connectivity index (χ1n) is 7.02. The Kier molecular flexibility index (Phi) is 5.62. The lowest BCUT2D eigenvalue weighted by Gasteiger charge is -2.32. The summed E-state index contributed by atoms with van der Waals surface area (Å²) in [5.41, 5.74) is 0.448. The van der Waals surface area contributed by atoms with Crippen molar-refractivity contribution >= 4 is 11.5 Å². The maximum absolute atomic E-state index is 12.4. The molecule has 1 aliphatic heterocycles. The highest BCUT2D eigenvalue weighted by Gasteiger charge is 2.24. The molecule has 0 spiro atoms. The normalized spacial score (nSPS) is 16.0. The van der Waals surface area contributed by atoms with Crippen LogP contribution in [0.25, 0.3) is 0 Å². The first kappa shape index (κ1) is 17.3. The van der Waals surface area contributed by atoms with Gasteiger partial charge in [-0.25, -0.2) is 4.98 Å². The molecule has 0 atom stereocenters. The molecule has 0 aromatic carbocycles. The number of alkyl halides is 4. The van der Waals surface area contributed by atoms with Crippen LogP contribution in [0.2, 0.25) is 0 Å². The Morgan fingerprint density at radius 2 is 1.83 bits per heavy atom. The van der Waals surface area contributed by atoms with Crippen LogP contribution in [-0.2, 0) is 4.79 Å². The third-order valence-corrected chi connectivity index (χ3v) is 3.66. The van der Waals surface area contributed by atoms with Gasteiger partial charge in [0.2, 0.25) is 0 Å². The maximum Gasteiger partial charge on any atom is 0.388 e. The lowest BCUT2D eigenvalue weighted by molar-refractivity contribution is -0.121. The van der Waals surface area contributed by atoms with Gasteiger partial charge in [-0.1, -0.05) is 0 Å². The predicted molar refractivity (Wildman–Crippen MR) is 73.1 cm³/mol. The Hall–Kier alpha value is -2.06. The highest BCUT2D eigenvalue weighted by molar-refractivity contribution is 5.78. The molecule has 0 bridgehead atoms. The van der Waals surface area contributed by atoms with E-state index in [4.69, 9.17) is 0 Å². The Labute approximate surface area is 130 Å². The van der Waals surface area contributed by atoms with E-state index in [0.717, 1.165) is 0 Å². The summed E-state index contributed by atoms with van der Waals surface area (Å²) < 4.78 is 57.6. The smallest absolute Gasteiger partial charge is 0.388 e. The van der Waals surface area contributed by atoms with E-state index in [2.05, 4.69) is 14.5 Å². The maximum atomic E-state index is 12.4. The molecule has 5 nitrogen and oxygen atoms in total. The summed E-state index contributed by atoms with van der Waals surface area (Å²) in [6, 6.07) is 1.19. The molecule has 1 fully saturated rings. The quantitative estimate of drug-likeness (QED) is 0.747. The van der Waals surface area contributed by atoms with Gasteiger partial charge >= 0.3 is 13.2 Å².